The van der Waals surface area contributed by atoms with Crippen LogP contribution in [0.5, 0.6) is 5.88 Å². The van der Waals surface area contributed by atoms with Gasteiger partial charge in [0, 0.05) is 11.8 Å². The SMILES string of the molecule is COc1cc(-c2noc(-c3cc(F)ccc3N)n2)ncn1. The van der Waals surface area contributed by atoms with Crippen LogP contribution in [0.25, 0.3) is 23.0 Å². The van der Waals surface area contributed by atoms with Gasteiger partial charge in [0.2, 0.25) is 11.7 Å². The summed E-state index contributed by atoms with van der Waals surface area (Å²) in [4.78, 5) is 12.1. The molecular weight excluding hydrogens is 277 g/mol. The van der Waals surface area contributed by atoms with Gasteiger partial charge in [0.05, 0.1) is 12.7 Å². The van der Waals surface area contributed by atoms with Crippen molar-refractivity contribution in [3.05, 3.63) is 36.4 Å². The van der Waals surface area contributed by atoms with Gasteiger partial charge < -0.3 is 15.0 Å². The third kappa shape index (κ3) is 2.50. The fraction of sp³-hybridized carbons (Fsp3) is 0.0769. The Morgan fingerprint density at radius 2 is 2.10 bits per heavy atom. The normalized spacial score (nSPS) is 10.6. The van der Waals surface area contributed by atoms with Gasteiger partial charge in [0.25, 0.3) is 5.89 Å². The van der Waals surface area contributed by atoms with E-state index in [9.17, 15) is 4.39 Å². The van der Waals surface area contributed by atoms with Crippen LogP contribution in [0.15, 0.2) is 35.1 Å². The third-order valence-corrected chi connectivity index (χ3v) is 2.75. The number of aromatic nitrogens is 4. The van der Waals surface area contributed by atoms with Crippen molar-refractivity contribution in [1.82, 2.24) is 20.1 Å². The van der Waals surface area contributed by atoms with E-state index in [1.807, 2.05) is 0 Å². The second kappa shape index (κ2) is 5.16. The van der Waals surface area contributed by atoms with Crippen LogP contribution in [0.4, 0.5) is 10.1 Å². The molecule has 0 aliphatic rings. The zero-order valence-corrected chi connectivity index (χ0v) is 10.9. The van der Waals surface area contributed by atoms with Crippen LogP contribution in [0.1, 0.15) is 0 Å². The summed E-state index contributed by atoms with van der Waals surface area (Å²) in [6.07, 6.45) is 1.32. The second-order valence-electron chi connectivity index (χ2n) is 4.10. The highest BCUT2D eigenvalue weighted by Gasteiger charge is 2.15. The number of ether oxygens (including phenoxy) is 1. The Balaban J connectivity index is 2.01. The Hall–Kier alpha value is -3.03. The lowest BCUT2D eigenvalue weighted by Gasteiger charge is -1.99. The average Bonchev–Trinajstić information content (AvgIpc) is 2.99. The number of methoxy groups -OCH3 is 1. The molecule has 0 atom stereocenters. The summed E-state index contributed by atoms with van der Waals surface area (Å²) in [5.74, 6) is 0.271. The van der Waals surface area contributed by atoms with E-state index in [2.05, 4.69) is 20.1 Å². The van der Waals surface area contributed by atoms with Crippen LogP contribution in [0.2, 0.25) is 0 Å². The molecule has 3 rings (SSSR count). The van der Waals surface area contributed by atoms with Crippen LogP contribution in [-0.2, 0) is 0 Å². The second-order valence-corrected chi connectivity index (χ2v) is 4.10. The van der Waals surface area contributed by atoms with Gasteiger partial charge >= 0.3 is 0 Å². The summed E-state index contributed by atoms with van der Waals surface area (Å²) < 4.78 is 23.4. The highest BCUT2D eigenvalue weighted by atomic mass is 19.1. The Kier molecular flexibility index (Phi) is 3.19. The van der Waals surface area contributed by atoms with Crippen molar-refractivity contribution < 1.29 is 13.7 Å². The van der Waals surface area contributed by atoms with Crippen molar-refractivity contribution in [3.63, 3.8) is 0 Å². The van der Waals surface area contributed by atoms with Gasteiger partial charge in [-0.15, -0.1) is 0 Å². The molecule has 2 heterocycles. The lowest BCUT2D eigenvalue weighted by molar-refractivity contribution is 0.397. The number of rotatable bonds is 3. The summed E-state index contributed by atoms with van der Waals surface area (Å²) >= 11 is 0. The highest BCUT2D eigenvalue weighted by Crippen LogP contribution is 2.27. The molecule has 0 bridgehead atoms. The van der Waals surface area contributed by atoms with Crippen LogP contribution in [-0.4, -0.2) is 27.2 Å². The smallest absolute Gasteiger partial charge is 0.260 e. The van der Waals surface area contributed by atoms with E-state index in [0.717, 1.165) is 0 Å². The number of nitrogens with two attached hydrogens (primary N) is 1. The lowest BCUT2D eigenvalue weighted by Crippen LogP contribution is -1.93. The number of anilines is 1. The molecule has 2 aromatic heterocycles. The minimum atomic E-state index is -0.442. The average molecular weight is 287 g/mol. The van der Waals surface area contributed by atoms with Gasteiger partial charge in [-0.2, -0.15) is 4.98 Å². The quantitative estimate of drug-likeness (QED) is 0.734. The predicted octanol–water partition coefficient (Wildman–Crippen LogP) is 1.92. The first-order valence-corrected chi connectivity index (χ1v) is 5.93. The van der Waals surface area contributed by atoms with Gasteiger partial charge in [-0.05, 0) is 18.2 Å². The predicted molar refractivity (Wildman–Crippen MR) is 71.7 cm³/mol. The van der Waals surface area contributed by atoms with Crippen molar-refractivity contribution in [2.24, 2.45) is 0 Å². The molecule has 0 spiro atoms. The maximum Gasteiger partial charge on any atom is 0.260 e. The number of halogens is 1. The zero-order chi connectivity index (χ0) is 14.8. The standard InChI is InChI=1S/C13H10FN5O2/c1-20-11-5-10(16-6-17-11)12-18-13(21-19-12)8-4-7(14)2-3-9(8)15/h2-6H,15H2,1H3. The molecule has 0 saturated heterocycles. The number of nitrogens with zero attached hydrogens (tertiary/aromatic N) is 4. The number of benzene rings is 1. The van der Waals surface area contributed by atoms with Crippen molar-refractivity contribution in [3.8, 4) is 28.9 Å². The first-order valence-electron chi connectivity index (χ1n) is 5.93. The molecule has 0 radical (unpaired) electrons. The molecule has 0 unspecified atom stereocenters. The van der Waals surface area contributed by atoms with Crippen LogP contribution in [0, 0.1) is 5.82 Å². The minimum absolute atomic E-state index is 0.111. The molecule has 2 N–H and O–H groups in total. The van der Waals surface area contributed by atoms with Crippen molar-refractivity contribution in [2.75, 3.05) is 12.8 Å². The first kappa shape index (κ1) is 13.0. The van der Waals surface area contributed by atoms with Crippen LogP contribution >= 0.6 is 0 Å². The topological polar surface area (TPSA) is 100.0 Å². The van der Waals surface area contributed by atoms with E-state index in [1.165, 1.54) is 31.6 Å². The third-order valence-electron chi connectivity index (χ3n) is 2.75. The van der Waals surface area contributed by atoms with Crippen LogP contribution < -0.4 is 10.5 Å². The molecule has 0 amide bonds. The molecule has 106 valence electrons. The monoisotopic (exact) mass is 287 g/mol. The first-order chi connectivity index (χ1) is 10.2. The van der Waals surface area contributed by atoms with Gasteiger partial charge in [-0.3, -0.25) is 0 Å². The highest BCUT2D eigenvalue weighted by molar-refractivity contribution is 5.71. The fourth-order valence-electron chi connectivity index (χ4n) is 1.72. The van der Waals surface area contributed by atoms with Crippen LogP contribution in [0.3, 0.4) is 0 Å². The van der Waals surface area contributed by atoms with Crippen molar-refractivity contribution in [1.29, 1.82) is 0 Å². The molecule has 21 heavy (non-hydrogen) atoms. The number of nitrogen functional groups attached to an aromatic ring is 1. The Labute approximate surface area is 118 Å². The molecule has 1 aromatic carbocycles. The summed E-state index contributed by atoms with van der Waals surface area (Å²) in [5, 5.41) is 3.80. The van der Waals surface area contributed by atoms with Gasteiger partial charge in [0.1, 0.15) is 17.8 Å². The van der Waals surface area contributed by atoms with Gasteiger partial charge in [0.15, 0.2) is 0 Å². The largest absolute Gasteiger partial charge is 0.481 e. The molecule has 7 nitrogen and oxygen atoms in total. The fourth-order valence-corrected chi connectivity index (χ4v) is 1.72. The zero-order valence-electron chi connectivity index (χ0n) is 10.9. The van der Waals surface area contributed by atoms with Crippen molar-refractivity contribution in [2.45, 2.75) is 0 Å². The van der Waals surface area contributed by atoms with E-state index in [4.69, 9.17) is 15.0 Å². The van der Waals surface area contributed by atoms with E-state index >= 15 is 0 Å². The van der Waals surface area contributed by atoms with Gasteiger partial charge in [-0.1, -0.05) is 5.16 Å². The maximum absolute atomic E-state index is 13.3. The molecular formula is C13H10FN5O2. The Morgan fingerprint density at radius 1 is 1.24 bits per heavy atom. The van der Waals surface area contributed by atoms with E-state index in [-0.39, 0.29) is 11.7 Å². The Bertz CT molecular complexity index is 790. The summed E-state index contributed by atoms with van der Waals surface area (Å²) in [7, 11) is 1.49. The van der Waals surface area contributed by atoms with Crippen molar-refractivity contribution >= 4 is 5.69 Å². The molecule has 0 aliphatic heterocycles. The molecule has 0 aliphatic carbocycles. The van der Waals surface area contributed by atoms with E-state index in [1.54, 1.807) is 6.07 Å². The number of hydrogen-bond acceptors (Lipinski definition) is 7. The Morgan fingerprint density at radius 3 is 2.90 bits per heavy atom. The molecule has 0 fully saturated rings. The molecule has 0 saturated carbocycles. The van der Waals surface area contributed by atoms with E-state index in [0.29, 0.717) is 22.8 Å². The molecule has 3 aromatic rings. The summed E-state index contributed by atoms with van der Waals surface area (Å²) in [5.41, 5.74) is 6.87. The summed E-state index contributed by atoms with van der Waals surface area (Å²) in [6.45, 7) is 0. The van der Waals surface area contributed by atoms with Gasteiger partial charge in [-0.25, -0.2) is 14.4 Å². The van der Waals surface area contributed by atoms with E-state index < -0.39 is 5.82 Å². The molecule has 8 heteroatoms. The number of hydrogen-bond donors (Lipinski definition) is 1. The minimum Gasteiger partial charge on any atom is -0.481 e. The summed E-state index contributed by atoms with van der Waals surface area (Å²) in [6, 6.07) is 5.48. The lowest BCUT2D eigenvalue weighted by atomic mass is 10.2. The maximum atomic E-state index is 13.3.